The van der Waals surface area contributed by atoms with Crippen molar-refractivity contribution >= 4 is 12.4 Å². The van der Waals surface area contributed by atoms with E-state index in [0.29, 0.717) is 6.04 Å². The topological polar surface area (TPSA) is 15.3 Å². The van der Waals surface area contributed by atoms with E-state index < -0.39 is 0 Å². The number of fused-ring (bicyclic) bond motifs is 3. The van der Waals surface area contributed by atoms with Crippen LogP contribution in [0.25, 0.3) is 11.1 Å². The van der Waals surface area contributed by atoms with E-state index in [4.69, 9.17) is 0 Å². The van der Waals surface area contributed by atoms with Gasteiger partial charge >= 0.3 is 0 Å². The molecular formula is C17H21ClN2. The summed E-state index contributed by atoms with van der Waals surface area (Å²) in [5, 5.41) is 3.68. The largest absolute Gasteiger partial charge is 0.308 e. The molecule has 0 aliphatic heterocycles. The van der Waals surface area contributed by atoms with Crippen LogP contribution in [0, 0.1) is 0 Å². The minimum absolute atomic E-state index is 0. The second-order valence-electron chi connectivity index (χ2n) is 5.36. The van der Waals surface area contributed by atoms with E-state index in [0.717, 1.165) is 13.1 Å². The second kappa shape index (κ2) is 6.40. The first-order valence-electron chi connectivity index (χ1n) is 6.83. The van der Waals surface area contributed by atoms with Gasteiger partial charge in [-0.3, -0.25) is 0 Å². The molecule has 1 aliphatic carbocycles. The Bertz CT molecular complexity index is 535. The first-order valence-corrected chi connectivity index (χ1v) is 6.83. The van der Waals surface area contributed by atoms with Gasteiger partial charge in [0.25, 0.3) is 0 Å². The fourth-order valence-corrected chi connectivity index (χ4v) is 2.81. The van der Waals surface area contributed by atoms with Gasteiger partial charge in [-0.05, 0) is 36.3 Å². The molecule has 0 saturated carbocycles. The maximum atomic E-state index is 3.68. The molecule has 3 heteroatoms. The lowest BCUT2D eigenvalue weighted by atomic mass is 10.1. The first-order chi connectivity index (χ1) is 9.27. The van der Waals surface area contributed by atoms with Gasteiger partial charge in [0.1, 0.15) is 0 Å². The van der Waals surface area contributed by atoms with Gasteiger partial charge < -0.3 is 10.2 Å². The van der Waals surface area contributed by atoms with Crippen molar-refractivity contribution in [3.8, 4) is 11.1 Å². The maximum absolute atomic E-state index is 3.68. The van der Waals surface area contributed by atoms with Gasteiger partial charge in [0.05, 0.1) is 6.04 Å². The molecule has 0 heterocycles. The van der Waals surface area contributed by atoms with Crippen molar-refractivity contribution in [2.45, 2.75) is 6.04 Å². The molecule has 1 aliphatic rings. The normalized spacial score (nSPS) is 12.9. The molecule has 0 saturated heterocycles. The Morgan fingerprint density at radius 1 is 0.900 bits per heavy atom. The van der Waals surface area contributed by atoms with Gasteiger partial charge in [-0.15, -0.1) is 12.4 Å². The third-order valence-electron chi connectivity index (χ3n) is 3.74. The zero-order chi connectivity index (χ0) is 13.2. The predicted octanol–water partition coefficient (Wildman–Crippen LogP) is 3.33. The summed E-state index contributed by atoms with van der Waals surface area (Å²) in [7, 11) is 4.22. The molecule has 3 rings (SSSR count). The summed E-state index contributed by atoms with van der Waals surface area (Å²) < 4.78 is 0. The van der Waals surface area contributed by atoms with Crippen LogP contribution in [0.2, 0.25) is 0 Å². The van der Waals surface area contributed by atoms with E-state index >= 15 is 0 Å². The quantitative estimate of drug-likeness (QED) is 0.928. The molecule has 0 bridgehead atoms. The highest BCUT2D eigenvalue weighted by molar-refractivity contribution is 5.85. The Morgan fingerprint density at radius 3 is 1.90 bits per heavy atom. The highest BCUT2D eigenvalue weighted by atomic mass is 35.5. The van der Waals surface area contributed by atoms with Gasteiger partial charge in [-0.2, -0.15) is 0 Å². The molecule has 0 unspecified atom stereocenters. The third-order valence-corrected chi connectivity index (χ3v) is 3.74. The van der Waals surface area contributed by atoms with E-state index in [1.807, 2.05) is 0 Å². The predicted molar refractivity (Wildman–Crippen MR) is 87.5 cm³/mol. The molecule has 0 fully saturated rings. The van der Waals surface area contributed by atoms with Crippen LogP contribution < -0.4 is 5.32 Å². The van der Waals surface area contributed by atoms with Crippen molar-refractivity contribution in [3.63, 3.8) is 0 Å². The van der Waals surface area contributed by atoms with Crippen LogP contribution in [0.3, 0.4) is 0 Å². The average Bonchev–Trinajstić information content (AvgIpc) is 2.74. The zero-order valence-corrected chi connectivity index (χ0v) is 12.8. The number of hydrogen-bond acceptors (Lipinski definition) is 2. The standard InChI is InChI=1S/C17H20N2.ClH/c1-19(2)12-11-18-17-15-9-5-3-7-13(15)14-8-4-6-10-16(14)17;/h3-10,17-18H,11-12H2,1-2H3;1H. The average molecular weight is 289 g/mol. The summed E-state index contributed by atoms with van der Waals surface area (Å²) in [5.74, 6) is 0. The van der Waals surface area contributed by atoms with Gasteiger partial charge in [0.2, 0.25) is 0 Å². The summed E-state index contributed by atoms with van der Waals surface area (Å²) in [4.78, 5) is 2.21. The van der Waals surface area contributed by atoms with Crippen LogP contribution in [0.15, 0.2) is 48.5 Å². The molecule has 1 N–H and O–H groups in total. The number of hydrogen-bond donors (Lipinski definition) is 1. The molecule has 2 aromatic carbocycles. The fraction of sp³-hybridized carbons (Fsp3) is 0.294. The molecule has 0 atom stereocenters. The second-order valence-corrected chi connectivity index (χ2v) is 5.36. The van der Waals surface area contributed by atoms with Crippen molar-refractivity contribution in [1.29, 1.82) is 0 Å². The van der Waals surface area contributed by atoms with E-state index in [2.05, 4.69) is 72.8 Å². The van der Waals surface area contributed by atoms with Crippen molar-refractivity contribution in [2.24, 2.45) is 0 Å². The summed E-state index contributed by atoms with van der Waals surface area (Å²) in [6.45, 7) is 2.06. The van der Waals surface area contributed by atoms with E-state index in [9.17, 15) is 0 Å². The van der Waals surface area contributed by atoms with Crippen molar-refractivity contribution < 1.29 is 0 Å². The number of likely N-dealkylation sites (N-methyl/N-ethyl adjacent to an activating group) is 1. The Kier molecular flexibility index (Phi) is 4.81. The SMILES string of the molecule is CN(C)CCNC1c2ccccc2-c2ccccc21.Cl. The third kappa shape index (κ3) is 2.73. The minimum atomic E-state index is 0. The van der Waals surface area contributed by atoms with Crippen molar-refractivity contribution in [1.82, 2.24) is 10.2 Å². The van der Waals surface area contributed by atoms with Crippen LogP contribution in [-0.2, 0) is 0 Å². The lowest BCUT2D eigenvalue weighted by molar-refractivity contribution is 0.393. The molecule has 0 aromatic heterocycles. The molecule has 0 spiro atoms. The maximum Gasteiger partial charge on any atom is 0.0589 e. The number of nitrogens with one attached hydrogen (secondary N) is 1. The van der Waals surface area contributed by atoms with E-state index in [-0.39, 0.29) is 12.4 Å². The molecule has 20 heavy (non-hydrogen) atoms. The van der Waals surface area contributed by atoms with Crippen molar-refractivity contribution in [2.75, 3.05) is 27.2 Å². The van der Waals surface area contributed by atoms with Crippen LogP contribution in [0.5, 0.6) is 0 Å². The van der Waals surface area contributed by atoms with E-state index in [1.165, 1.54) is 22.3 Å². The summed E-state index contributed by atoms with van der Waals surface area (Å²) >= 11 is 0. The Hall–Kier alpha value is -1.35. The monoisotopic (exact) mass is 288 g/mol. The van der Waals surface area contributed by atoms with Crippen LogP contribution in [0.4, 0.5) is 0 Å². The molecule has 2 nitrogen and oxygen atoms in total. The van der Waals surface area contributed by atoms with E-state index in [1.54, 1.807) is 0 Å². The van der Waals surface area contributed by atoms with Crippen LogP contribution >= 0.6 is 12.4 Å². The number of rotatable bonds is 4. The molecule has 106 valence electrons. The summed E-state index contributed by atoms with van der Waals surface area (Å²) in [5.41, 5.74) is 5.56. The Morgan fingerprint density at radius 2 is 1.40 bits per heavy atom. The van der Waals surface area contributed by atoms with Gasteiger partial charge in [0, 0.05) is 13.1 Å². The molecule has 2 aromatic rings. The van der Waals surface area contributed by atoms with Crippen molar-refractivity contribution in [3.05, 3.63) is 59.7 Å². The zero-order valence-electron chi connectivity index (χ0n) is 12.0. The van der Waals surface area contributed by atoms with Gasteiger partial charge in [0.15, 0.2) is 0 Å². The number of halogens is 1. The smallest absolute Gasteiger partial charge is 0.0589 e. The highest BCUT2D eigenvalue weighted by Crippen LogP contribution is 2.42. The van der Waals surface area contributed by atoms with Crippen LogP contribution in [-0.4, -0.2) is 32.1 Å². The molecular weight excluding hydrogens is 268 g/mol. The summed E-state index contributed by atoms with van der Waals surface area (Å²) in [6, 6.07) is 17.8. The minimum Gasteiger partial charge on any atom is -0.308 e. The van der Waals surface area contributed by atoms with Crippen LogP contribution in [0.1, 0.15) is 17.2 Å². The number of nitrogens with zero attached hydrogens (tertiary/aromatic N) is 1. The molecule has 0 amide bonds. The lowest BCUT2D eigenvalue weighted by Gasteiger charge is -2.17. The Labute approximate surface area is 127 Å². The van der Waals surface area contributed by atoms with Gasteiger partial charge in [-0.1, -0.05) is 48.5 Å². The summed E-state index contributed by atoms with van der Waals surface area (Å²) in [6.07, 6.45) is 0. The Balaban J connectivity index is 0.00000147. The highest BCUT2D eigenvalue weighted by Gasteiger charge is 2.27. The number of benzene rings is 2. The van der Waals surface area contributed by atoms with Gasteiger partial charge in [-0.25, -0.2) is 0 Å². The lowest BCUT2D eigenvalue weighted by Crippen LogP contribution is -2.29. The fourth-order valence-electron chi connectivity index (χ4n) is 2.81. The first kappa shape index (κ1) is 15.0. The molecule has 0 radical (unpaired) electrons.